The first-order valence-corrected chi connectivity index (χ1v) is 9.66. The van der Waals surface area contributed by atoms with Crippen LogP contribution in [0, 0.1) is 0 Å². The molecule has 2 rings (SSSR count). The summed E-state index contributed by atoms with van der Waals surface area (Å²) in [4.78, 5) is 9.88. The smallest absolute Gasteiger partial charge is 0.193 e. The minimum Gasteiger partial charge on any atom is -0.383 e. The third-order valence-corrected chi connectivity index (χ3v) is 5.01. The minimum absolute atomic E-state index is 0.425. The predicted octanol–water partition coefficient (Wildman–Crippen LogP) is 1.56. The molecule has 24 heavy (non-hydrogen) atoms. The van der Waals surface area contributed by atoms with Gasteiger partial charge in [0.2, 0.25) is 0 Å². The van der Waals surface area contributed by atoms with Crippen LogP contribution >= 0.6 is 0 Å². The Bertz CT molecular complexity index is 370. The van der Waals surface area contributed by atoms with E-state index in [9.17, 15) is 0 Å². The third-order valence-electron chi connectivity index (χ3n) is 5.01. The molecular weight excluding hydrogens is 304 g/mol. The van der Waals surface area contributed by atoms with E-state index in [1.165, 1.54) is 19.4 Å². The molecule has 140 valence electrons. The molecule has 0 aliphatic carbocycles. The molecule has 2 fully saturated rings. The van der Waals surface area contributed by atoms with Crippen molar-refractivity contribution in [2.24, 2.45) is 4.99 Å². The summed E-state index contributed by atoms with van der Waals surface area (Å²) in [6, 6.07) is 0.565. The number of hydrogen-bond donors (Lipinski definition) is 1. The Morgan fingerprint density at radius 3 is 2.62 bits per heavy atom. The summed E-state index contributed by atoms with van der Waals surface area (Å²) >= 11 is 0. The Labute approximate surface area is 147 Å². The maximum absolute atomic E-state index is 5.76. The predicted molar refractivity (Wildman–Crippen MR) is 98.7 cm³/mol. The maximum atomic E-state index is 5.76. The first-order chi connectivity index (χ1) is 11.8. The first-order valence-electron chi connectivity index (χ1n) is 9.66. The number of rotatable bonds is 8. The van der Waals surface area contributed by atoms with E-state index in [4.69, 9.17) is 14.5 Å². The maximum Gasteiger partial charge on any atom is 0.193 e. The van der Waals surface area contributed by atoms with Crippen LogP contribution in [0.3, 0.4) is 0 Å². The van der Waals surface area contributed by atoms with Crippen LogP contribution in [0.4, 0.5) is 0 Å². The van der Waals surface area contributed by atoms with Crippen molar-refractivity contribution in [2.75, 3.05) is 59.6 Å². The topological polar surface area (TPSA) is 49.3 Å². The van der Waals surface area contributed by atoms with E-state index >= 15 is 0 Å². The van der Waals surface area contributed by atoms with Gasteiger partial charge in [0.05, 0.1) is 19.3 Å². The monoisotopic (exact) mass is 340 g/mol. The second kappa shape index (κ2) is 10.9. The lowest BCUT2D eigenvalue weighted by atomic mass is 10.1. The molecule has 1 N–H and O–H groups in total. The molecule has 2 saturated heterocycles. The number of nitrogens with one attached hydrogen (secondary N) is 1. The van der Waals surface area contributed by atoms with E-state index in [0.29, 0.717) is 12.1 Å². The number of guanidine groups is 1. The van der Waals surface area contributed by atoms with Gasteiger partial charge in [0.1, 0.15) is 0 Å². The lowest BCUT2D eigenvalue weighted by Crippen LogP contribution is -2.47. The molecule has 1 unspecified atom stereocenters. The van der Waals surface area contributed by atoms with Gasteiger partial charge in [0, 0.05) is 45.9 Å². The molecule has 2 aliphatic heterocycles. The van der Waals surface area contributed by atoms with Crippen LogP contribution in [-0.2, 0) is 9.47 Å². The van der Waals surface area contributed by atoms with Crippen LogP contribution < -0.4 is 5.32 Å². The lowest BCUT2D eigenvalue weighted by molar-refractivity contribution is 0.0263. The SMILES string of the molecule is CCNC(=NCC1CCCN1CCOC)N1CCC(OCC)CC1. The number of methoxy groups -OCH3 is 1. The number of nitrogens with zero attached hydrogens (tertiary/aromatic N) is 3. The highest BCUT2D eigenvalue weighted by Crippen LogP contribution is 2.18. The zero-order valence-electron chi connectivity index (χ0n) is 15.8. The van der Waals surface area contributed by atoms with Crippen molar-refractivity contribution in [3.8, 4) is 0 Å². The summed E-state index contributed by atoms with van der Waals surface area (Å²) in [6.45, 7) is 11.9. The molecule has 6 heteroatoms. The van der Waals surface area contributed by atoms with Gasteiger partial charge in [-0.15, -0.1) is 0 Å². The van der Waals surface area contributed by atoms with Gasteiger partial charge in [-0.2, -0.15) is 0 Å². The molecule has 0 aromatic carbocycles. The molecule has 0 aromatic rings. The summed E-state index contributed by atoms with van der Waals surface area (Å²) in [5, 5.41) is 3.47. The zero-order valence-corrected chi connectivity index (χ0v) is 15.8. The van der Waals surface area contributed by atoms with Crippen molar-refractivity contribution in [3.63, 3.8) is 0 Å². The normalized spacial score (nSPS) is 23.9. The molecule has 2 heterocycles. The van der Waals surface area contributed by atoms with Gasteiger partial charge in [0.25, 0.3) is 0 Å². The first kappa shape index (κ1) is 19.5. The Balaban J connectivity index is 1.86. The number of aliphatic imine (C=N–C) groups is 1. The average molecular weight is 341 g/mol. The second-order valence-corrected chi connectivity index (χ2v) is 6.66. The van der Waals surface area contributed by atoms with E-state index in [1.54, 1.807) is 7.11 Å². The summed E-state index contributed by atoms with van der Waals surface area (Å²) < 4.78 is 11.0. The summed E-state index contributed by atoms with van der Waals surface area (Å²) in [5.41, 5.74) is 0. The molecule has 0 aromatic heterocycles. The molecule has 0 saturated carbocycles. The van der Waals surface area contributed by atoms with E-state index in [0.717, 1.165) is 64.7 Å². The van der Waals surface area contributed by atoms with Crippen LogP contribution in [0.25, 0.3) is 0 Å². The van der Waals surface area contributed by atoms with Crippen LogP contribution in [0.1, 0.15) is 39.5 Å². The highest BCUT2D eigenvalue weighted by molar-refractivity contribution is 5.80. The lowest BCUT2D eigenvalue weighted by Gasteiger charge is -2.34. The number of ether oxygens (including phenoxy) is 2. The third kappa shape index (κ3) is 5.90. The Morgan fingerprint density at radius 2 is 1.96 bits per heavy atom. The van der Waals surface area contributed by atoms with Gasteiger partial charge < -0.3 is 19.7 Å². The van der Waals surface area contributed by atoms with Crippen molar-refractivity contribution in [1.82, 2.24) is 15.1 Å². The molecule has 0 amide bonds. The van der Waals surface area contributed by atoms with Crippen LogP contribution in [0.5, 0.6) is 0 Å². The number of piperidine rings is 1. The van der Waals surface area contributed by atoms with Gasteiger partial charge in [-0.25, -0.2) is 0 Å². The Hall–Kier alpha value is -0.850. The van der Waals surface area contributed by atoms with Crippen molar-refractivity contribution in [2.45, 2.75) is 51.7 Å². The fourth-order valence-electron chi connectivity index (χ4n) is 3.69. The fraction of sp³-hybridized carbons (Fsp3) is 0.944. The molecule has 2 aliphatic rings. The van der Waals surface area contributed by atoms with Gasteiger partial charge in [0.15, 0.2) is 5.96 Å². The average Bonchev–Trinajstić information content (AvgIpc) is 3.05. The molecular formula is C18H36N4O2. The quantitative estimate of drug-likeness (QED) is 0.537. The van der Waals surface area contributed by atoms with Gasteiger partial charge in [-0.05, 0) is 46.1 Å². The summed E-state index contributed by atoms with van der Waals surface area (Å²) in [7, 11) is 1.78. The van der Waals surface area contributed by atoms with Crippen molar-refractivity contribution < 1.29 is 9.47 Å². The molecule has 0 spiro atoms. The highest BCUT2D eigenvalue weighted by atomic mass is 16.5. The number of likely N-dealkylation sites (tertiary alicyclic amines) is 2. The van der Waals surface area contributed by atoms with Crippen molar-refractivity contribution >= 4 is 5.96 Å². The van der Waals surface area contributed by atoms with E-state index < -0.39 is 0 Å². The highest BCUT2D eigenvalue weighted by Gasteiger charge is 2.25. The van der Waals surface area contributed by atoms with Gasteiger partial charge in [-0.1, -0.05) is 0 Å². The standard InChI is InChI=1S/C18H36N4O2/c1-4-19-18(22-11-8-17(9-12-22)24-5-2)20-15-16-7-6-10-21(16)13-14-23-3/h16-17H,4-15H2,1-3H3,(H,19,20). The van der Waals surface area contributed by atoms with Crippen LogP contribution in [0.2, 0.25) is 0 Å². The second-order valence-electron chi connectivity index (χ2n) is 6.66. The fourth-order valence-corrected chi connectivity index (χ4v) is 3.69. The summed E-state index contributed by atoms with van der Waals surface area (Å²) in [5.74, 6) is 1.08. The van der Waals surface area contributed by atoms with E-state index in [1.807, 2.05) is 0 Å². The molecule has 0 radical (unpaired) electrons. The zero-order chi connectivity index (χ0) is 17.2. The van der Waals surface area contributed by atoms with Crippen LogP contribution in [0.15, 0.2) is 4.99 Å². The van der Waals surface area contributed by atoms with Crippen molar-refractivity contribution in [1.29, 1.82) is 0 Å². The molecule has 0 bridgehead atoms. The van der Waals surface area contributed by atoms with Gasteiger partial charge >= 0.3 is 0 Å². The Kier molecular flexibility index (Phi) is 8.84. The molecule has 1 atom stereocenters. The van der Waals surface area contributed by atoms with Crippen LogP contribution in [-0.4, -0.2) is 87.5 Å². The van der Waals surface area contributed by atoms with Gasteiger partial charge in [-0.3, -0.25) is 9.89 Å². The number of hydrogen-bond acceptors (Lipinski definition) is 4. The Morgan fingerprint density at radius 1 is 1.17 bits per heavy atom. The minimum atomic E-state index is 0.425. The van der Waals surface area contributed by atoms with E-state index in [2.05, 4.69) is 29.0 Å². The summed E-state index contributed by atoms with van der Waals surface area (Å²) in [6.07, 6.45) is 5.15. The molecule has 6 nitrogen and oxygen atoms in total. The van der Waals surface area contributed by atoms with E-state index in [-0.39, 0.29) is 0 Å². The van der Waals surface area contributed by atoms with Crippen molar-refractivity contribution in [3.05, 3.63) is 0 Å². The largest absolute Gasteiger partial charge is 0.383 e.